The van der Waals surface area contributed by atoms with Gasteiger partial charge in [-0.25, -0.2) is 0 Å². The first kappa shape index (κ1) is 11.9. The predicted molar refractivity (Wildman–Crippen MR) is 55.2 cm³/mol. The van der Waals surface area contributed by atoms with Crippen molar-refractivity contribution >= 4 is 0 Å². The van der Waals surface area contributed by atoms with E-state index in [-0.39, 0.29) is 0 Å². The summed E-state index contributed by atoms with van der Waals surface area (Å²) in [4.78, 5) is 0. The van der Waals surface area contributed by atoms with E-state index in [0.717, 1.165) is 25.9 Å². The van der Waals surface area contributed by atoms with Crippen molar-refractivity contribution in [1.29, 1.82) is 0 Å². The monoisotopic (exact) mass is 172 g/mol. The van der Waals surface area contributed by atoms with Crippen LogP contribution in [0.1, 0.15) is 40.5 Å². The Kier molecular flexibility index (Phi) is 5.51. The van der Waals surface area contributed by atoms with Crippen LogP contribution in [-0.2, 0) is 0 Å². The maximum Gasteiger partial charge on any atom is 0.00558 e. The zero-order valence-corrected chi connectivity index (χ0v) is 8.98. The van der Waals surface area contributed by atoms with E-state index in [1.165, 1.54) is 0 Å². The van der Waals surface area contributed by atoms with Crippen LogP contribution in [0.5, 0.6) is 0 Å². The van der Waals surface area contributed by atoms with Gasteiger partial charge in [-0.05, 0) is 31.3 Å². The van der Waals surface area contributed by atoms with Gasteiger partial charge >= 0.3 is 0 Å². The smallest absolute Gasteiger partial charge is 0.00558 e. The molecular weight excluding hydrogens is 148 g/mol. The zero-order valence-electron chi connectivity index (χ0n) is 8.98. The van der Waals surface area contributed by atoms with Crippen molar-refractivity contribution in [3.05, 3.63) is 0 Å². The van der Waals surface area contributed by atoms with E-state index in [4.69, 9.17) is 5.73 Å². The Morgan fingerprint density at radius 2 is 1.92 bits per heavy atom. The SMILES string of the molecule is CCNCCC(N)CC(C)(C)C. The highest BCUT2D eigenvalue weighted by Crippen LogP contribution is 2.20. The second kappa shape index (κ2) is 5.55. The van der Waals surface area contributed by atoms with E-state index >= 15 is 0 Å². The van der Waals surface area contributed by atoms with Crippen molar-refractivity contribution < 1.29 is 0 Å². The average Bonchev–Trinajstić information content (AvgIpc) is 1.84. The first-order chi connectivity index (χ1) is 5.45. The Morgan fingerprint density at radius 1 is 1.33 bits per heavy atom. The minimum atomic E-state index is 0.351. The topological polar surface area (TPSA) is 38.0 Å². The molecule has 0 aliphatic carbocycles. The van der Waals surface area contributed by atoms with E-state index in [1.54, 1.807) is 0 Å². The number of nitrogens with two attached hydrogens (primary N) is 1. The van der Waals surface area contributed by atoms with Crippen LogP contribution in [-0.4, -0.2) is 19.1 Å². The molecule has 3 N–H and O–H groups in total. The highest BCUT2D eigenvalue weighted by Gasteiger charge is 2.14. The van der Waals surface area contributed by atoms with Crippen LogP contribution in [0, 0.1) is 5.41 Å². The Balaban J connectivity index is 3.40. The fourth-order valence-corrected chi connectivity index (χ4v) is 1.35. The quantitative estimate of drug-likeness (QED) is 0.620. The molecule has 0 bridgehead atoms. The molecule has 1 unspecified atom stereocenters. The van der Waals surface area contributed by atoms with Gasteiger partial charge in [0.1, 0.15) is 0 Å². The molecule has 1 atom stereocenters. The van der Waals surface area contributed by atoms with Crippen LogP contribution in [0.3, 0.4) is 0 Å². The summed E-state index contributed by atoms with van der Waals surface area (Å²) in [6.45, 7) is 10.9. The molecule has 0 aliphatic heterocycles. The summed E-state index contributed by atoms with van der Waals surface area (Å²) >= 11 is 0. The van der Waals surface area contributed by atoms with Crippen LogP contribution >= 0.6 is 0 Å². The molecule has 0 fully saturated rings. The van der Waals surface area contributed by atoms with Gasteiger partial charge in [0.15, 0.2) is 0 Å². The lowest BCUT2D eigenvalue weighted by atomic mass is 9.87. The van der Waals surface area contributed by atoms with Crippen LogP contribution in [0.4, 0.5) is 0 Å². The van der Waals surface area contributed by atoms with Crippen LogP contribution < -0.4 is 11.1 Å². The van der Waals surface area contributed by atoms with E-state index in [9.17, 15) is 0 Å². The molecule has 12 heavy (non-hydrogen) atoms. The summed E-state index contributed by atoms with van der Waals surface area (Å²) < 4.78 is 0. The molecule has 0 aromatic heterocycles. The summed E-state index contributed by atoms with van der Waals surface area (Å²) in [6, 6.07) is 0.351. The van der Waals surface area contributed by atoms with Gasteiger partial charge in [-0.15, -0.1) is 0 Å². The minimum absolute atomic E-state index is 0.351. The van der Waals surface area contributed by atoms with Crippen LogP contribution in [0.15, 0.2) is 0 Å². The minimum Gasteiger partial charge on any atom is -0.328 e. The summed E-state index contributed by atoms with van der Waals surface area (Å²) in [5, 5.41) is 3.28. The number of hydrogen-bond donors (Lipinski definition) is 2. The molecule has 0 saturated heterocycles. The van der Waals surface area contributed by atoms with Crippen molar-refractivity contribution in [2.45, 2.75) is 46.6 Å². The molecule has 0 radical (unpaired) electrons. The molecular formula is C10H24N2. The molecule has 0 saturated carbocycles. The van der Waals surface area contributed by atoms with Crippen molar-refractivity contribution in [1.82, 2.24) is 5.32 Å². The molecule has 2 heteroatoms. The van der Waals surface area contributed by atoms with E-state index in [2.05, 4.69) is 33.0 Å². The number of hydrogen-bond acceptors (Lipinski definition) is 2. The lowest BCUT2D eigenvalue weighted by Gasteiger charge is -2.23. The molecule has 0 rings (SSSR count). The van der Waals surface area contributed by atoms with Gasteiger partial charge in [-0.2, -0.15) is 0 Å². The van der Waals surface area contributed by atoms with Crippen LogP contribution in [0.25, 0.3) is 0 Å². The van der Waals surface area contributed by atoms with Gasteiger partial charge in [0, 0.05) is 6.04 Å². The third kappa shape index (κ3) is 8.02. The Labute approximate surface area is 76.9 Å². The first-order valence-corrected chi connectivity index (χ1v) is 4.92. The maximum absolute atomic E-state index is 5.96. The highest BCUT2D eigenvalue weighted by molar-refractivity contribution is 4.71. The van der Waals surface area contributed by atoms with E-state index in [1.807, 2.05) is 0 Å². The summed E-state index contributed by atoms with van der Waals surface area (Å²) in [5.74, 6) is 0. The fraction of sp³-hybridized carbons (Fsp3) is 1.00. The molecule has 0 heterocycles. The lowest BCUT2D eigenvalue weighted by molar-refractivity contribution is 0.329. The van der Waals surface area contributed by atoms with E-state index < -0.39 is 0 Å². The van der Waals surface area contributed by atoms with Crippen molar-refractivity contribution in [3.8, 4) is 0 Å². The molecule has 0 spiro atoms. The van der Waals surface area contributed by atoms with Gasteiger partial charge in [-0.1, -0.05) is 27.7 Å². The molecule has 0 amide bonds. The molecule has 2 nitrogen and oxygen atoms in total. The Morgan fingerprint density at radius 3 is 2.33 bits per heavy atom. The van der Waals surface area contributed by atoms with Crippen LogP contribution in [0.2, 0.25) is 0 Å². The van der Waals surface area contributed by atoms with Gasteiger partial charge in [0.2, 0.25) is 0 Å². The van der Waals surface area contributed by atoms with Crippen molar-refractivity contribution in [2.24, 2.45) is 11.1 Å². The van der Waals surface area contributed by atoms with Gasteiger partial charge in [0.25, 0.3) is 0 Å². The lowest BCUT2D eigenvalue weighted by Crippen LogP contribution is -2.30. The largest absolute Gasteiger partial charge is 0.328 e. The predicted octanol–water partition coefficient (Wildman–Crippen LogP) is 1.75. The molecule has 0 aliphatic rings. The van der Waals surface area contributed by atoms with Crippen molar-refractivity contribution in [2.75, 3.05) is 13.1 Å². The summed E-state index contributed by atoms with van der Waals surface area (Å²) in [7, 11) is 0. The normalized spacial score (nSPS) is 14.8. The summed E-state index contributed by atoms with van der Waals surface area (Å²) in [5.41, 5.74) is 6.33. The Bertz CT molecular complexity index is 105. The van der Waals surface area contributed by atoms with Gasteiger partial charge in [0.05, 0.1) is 0 Å². The Hall–Kier alpha value is -0.0800. The maximum atomic E-state index is 5.96. The second-order valence-electron chi connectivity index (χ2n) is 4.67. The van der Waals surface area contributed by atoms with Gasteiger partial charge in [-0.3, -0.25) is 0 Å². The number of rotatable bonds is 5. The number of nitrogens with one attached hydrogen (secondary N) is 1. The first-order valence-electron chi connectivity index (χ1n) is 4.92. The molecule has 0 aromatic carbocycles. The zero-order chi connectivity index (χ0) is 9.61. The third-order valence-electron chi connectivity index (χ3n) is 1.82. The third-order valence-corrected chi connectivity index (χ3v) is 1.82. The van der Waals surface area contributed by atoms with Crippen molar-refractivity contribution in [3.63, 3.8) is 0 Å². The molecule has 0 aromatic rings. The molecule has 74 valence electrons. The second-order valence-corrected chi connectivity index (χ2v) is 4.67. The van der Waals surface area contributed by atoms with E-state index in [0.29, 0.717) is 11.5 Å². The fourth-order valence-electron chi connectivity index (χ4n) is 1.35. The highest BCUT2D eigenvalue weighted by atomic mass is 14.8. The summed E-state index contributed by atoms with van der Waals surface area (Å²) in [6.07, 6.45) is 2.20. The standard InChI is InChI=1S/C10H24N2/c1-5-12-7-6-9(11)8-10(2,3)4/h9,12H,5-8,11H2,1-4H3. The van der Waals surface area contributed by atoms with Gasteiger partial charge < -0.3 is 11.1 Å². The average molecular weight is 172 g/mol.